The minimum absolute atomic E-state index is 0.0811. The molecule has 1 fully saturated rings. The van der Waals surface area contributed by atoms with Crippen LogP contribution in [0, 0.1) is 0 Å². The van der Waals surface area contributed by atoms with E-state index in [9.17, 15) is 9.59 Å². The van der Waals surface area contributed by atoms with Crippen molar-refractivity contribution in [3.8, 4) is 11.6 Å². The molecule has 0 saturated carbocycles. The Morgan fingerprint density at radius 3 is 2.92 bits per heavy atom. The summed E-state index contributed by atoms with van der Waals surface area (Å²) in [5.41, 5.74) is 0.959. The first-order valence-electron chi connectivity index (χ1n) is 8.26. The van der Waals surface area contributed by atoms with Gasteiger partial charge in [-0.15, -0.1) is 0 Å². The molecule has 1 aromatic carbocycles. The molecule has 1 atom stereocenters. The molecule has 8 nitrogen and oxygen atoms in total. The van der Waals surface area contributed by atoms with Crippen LogP contribution in [0.15, 0.2) is 51.6 Å². The van der Waals surface area contributed by atoms with Crippen LogP contribution in [0.3, 0.4) is 0 Å². The number of carbonyl (C=O) groups is 2. The van der Waals surface area contributed by atoms with Gasteiger partial charge in [-0.25, -0.2) is 4.79 Å². The van der Waals surface area contributed by atoms with E-state index in [4.69, 9.17) is 8.94 Å². The second-order valence-corrected chi connectivity index (χ2v) is 6.37. The van der Waals surface area contributed by atoms with Gasteiger partial charge in [-0.05, 0) is 36.1 Å². The van der Waals surface area contributed by atoms with Crippen molar-refractivity contribution >= 4 is 11.9 Å². The number of aryl methyl sites for hydroxylation is 1. The molecule has 8 heteroatoms. The normalized spacial score (nSPS) is 21.5. The first kappa shape index (κ1) is 14.9. The van der Waals surface area contributed by atoms with Gasteiger partial charge in [0, 0.05) is 0 Å². The molecule has 0 bridgehead atoms. The lowest BCUT2D eigenvalue weighted by atomic mass is 9.92. The highest BCUT2D eigenvalue weighted by molar-refractivity contribution is 6.08. The quantitative estimate of drug-likeness (QED) is 0.727. The molecule has 0 unspecified atom stereocenters. The Kier molecular flexibility index (Phi) is 3.03. The molecule has 3 heterocycles. The van der Waals surface area contributed by atoms with Gasteiger partial charge in [-0.3, -0.25) is 9.69 Å². The Morgan fingerprint density at radius 1 is 1.19 bits per heavy atom. The number of aromatic nitrogens is 2. The third kappa shape index (κ3) is 2.01. The Bertz CT molecular complexity index is 1010. The number of hydrogen-bond acceptors (Lipinski definition) is 6. The maximum absolute atomic E-state index is 13.1. The van der Waals surface area contributed by atoms with E-state index in [2.05, 4.69) is 15.5 Å². The summed E-state index contributed by atoms with van der Waals surface area (Å²) in [7, 11) is 0. The average molecular weight is 350 g/mol. The summed E-state index contributed by atoms with van der Waals surface area (Å²) in [5.74, 6) is 0.616. The second kappa shape index (κ2) is 5.29. The van der Waals surface area contributed by atoms with Gasteiger partial charge in [0.25, 0.3) is 5.91 Å². The summed E-state index contributed by atoms with van der Waals surface area (Å²) >= 11 is 0. The monoisotopic (exact) mass is 350 g/mol. The number of rotatable bonds is 3. The molecule has 0 radical (unpaired) electrons. The third-order valence-corrected chi connectivity index (χ3v) is 4.93. The fourth-order valence-electron chi connectivity index (χ4n) is 3.69. The van der Waals surface area contributed by atoms with Gasteiger partial charge in [-0.2, -0.15) is 4.98 Å². The van der Waals surface area contributed by atoms with Crippen molar-refractivity contribution in [2.45, 2.75) is 24.9 Å². The number of carbonyl (C=O) groups excluding carboxylic acids is 2. The molecular formula is C18H14N4O4. The van der Waals surface area contributed by atoms with Crippen LogP contribution in [0.1, 0.15) is 23.4 Å². The molecule has 130 valence electrons. The lowest BCUT2D eigenvalue weighted by Gasteiger charge is -2.21. The topological polar surface area (TPSA) is 101 Å². The van der Waals surface area contributed by atoms with Crippen LogP contribution in [0.4, 0.5) is 4.79 Å². The van der Waals surface area contributed by atoms with Crippen molar-refractivity contribution in [2.24, 2.45) is 0 Å². The van der Waals surface area contributed by atoms with E-state index < -0.39 is 11.6 Å². The van der Waals surface area contributed by atoms with E-state index in [1.807, 2.05) is 24.3 Å². The van der Waals surface area contributed by atoms with Crippen molar-refractivity contribution < 1.29 is 18.5 Å². The molecule has 1 saturated heterocycles. The fraction of sp³-hybridized carbons (Fsp3) is 0.222. The Balaban J connectivity index is 1.43. The molecule has 1 N–H and O–H groups in total. The van der Waals surface area contributed by atoms with Crippen molar-refractivity contribution in [1.82, 2.24) is 20.4 Å². The summed E-state index contributed by atoms with van der Waals surface area (Å²) in [5, 5.41) is 6.70. The van der Waals surface area contributed by atoms with E-state index in [1.54, 1.807) is 12.1 Å². The van der Waals surface area contributed by atoms with Crippen LogP contribution >= 0.6 is 0 Å². The molecule has 2 aliphatic rings. The summed E-state index contributed by atoms with van der Waals surface area (Å²) < 4.78 is 10.4. The zero-order valence-corrected chi connectivity index (χ0v) is 13.6. The lowest BCUT2D eigenvalue weighted by Crippen LogP contribution is -2.41. The largest absolute Gasteiger partial charge is 0.461 e. The average Bonchev–Trinajstić information content (AvgIpc) is 3.41. The number of hydrogen-bond donors (Lipinski definition) is 1. The van der Waals surface area contributed by atoms with Crippen LogP contribution < -0.4 is 5.32 Å². The first-order valence-corrected chi connectivity index (χ1v) is 8.26. The number of imide groups is 1. The summed E-state index contributed by atoms with van der Waals surface area (Å²) in [4.78, 5) is 30.9. The third-order valence-electron chi connectivity index (χ3n) is 4.93. The summed E-state index contributed by atoms with van der Waals surface area (Å²) in [6.45, 7) is -0.0811. The van der Waals surface area contributed by atoms with Crippen LogP contribution in [0.5, 0.6) is 0 Å². The summed E-state index contributed by atoms with van der Waals surface area (Å²) in [6, 6.07) is 10.7. The van der Waals surface area contributed by atoms with Gasteiger partial charge >= 0.3 is 6.03 Å². The van der Waals surface area contributed by atoms with Crippen LogP contribution in [0.2, 0.25) is 0 Å². The number of urea groups is 1. The molecule has 5 rings (SSSR count). The Hall–Kier alpha value is -3.42. The van der Waals surface area contributed by atoms with Gasteiger partial charge in [0.2, 0.25) is 11.7 Å². The number of nitrogens with one attached hydrogen (secondary N) is 1. The number of amides is 3. The Labute approximate surface area is 147 Å². The van der Waals surface area contributed by atoms with Gasteiger partial charge in [0.05, 0.1) is 6.26 Å². The maximum atomic E-state index is 13.1. The highest BCUT2D eigenvalue weighted by Gasteiger charge is 2.55. The number of fused-ring (bicyclic) bond motifs is 2. The molecule has 2 aromatic heterocycles. The molecule has 26 heavy (non-hydrogen) atoms. The summed E-state index contributed by atoms with van der Waals surface area (Å²) in [6.07, 6.45) is 2.80. The maximum Gasteiger partial charge on any atom is 0.325 e. The van der Waals surface area contributed by atoms with Crippen LogP contribution in [-0.2, 0) is 23.3 Å². The molecule has 1 aliphatic carbocycles. The van der Waals surface area contributed by atoms with Crippen LogP contribution in [0.25, 0.3) is 11.6 Å². The van der Waals surface area contributed by atoms with E-state index in [-0.39, 0.29) is 24.2 Å². The van der Waals surface area contributed by atoms with Crippen molar-refractivity contribution in [3.05, 3.63) is 59.7 Å². The zero-order chi connectivity index (χ0) is 17.7. The molecule has 1 aliphatic heterocycles. The smallest absolute Gasteiger partial charge is 0.325 e. The van der Waals surface area contributed by atoms with E-state index >= 15 is 0 Å². The SMILES string of the molecule is O=C1N[C@@]2(CCc3ccccc32)C(=O)N1Cc1nc(-c2ccco2)no1. The fourth-order valence-corrected chi connectivity index (χ4v) is 3.69. The number of benzene rings is 1. The van der Waals surface area contributed by atoms with Crippen molar-refractivity contribution in [3.63, 3.8) is 0 Å². The molecule has 1 spiro atoms. The van der Waals surface area contributed by atoms with Crippen LogP contribution in [-0.4, -0.2) is 27.0 Å². The van der Waals surface area contributed by atoms with Crippen molar-refractivity contribution in [2.75, 3.05) is 0 Å². The van der Waals surface area contributed by atoms with Gasteiger partial charge in [-0.1, -0.05) is 29.4 Å². The molecule has 3 aromatic rings. The van der Waals surface area contributed by atoms with E-state index in [0.29, 0.717) is 12.2 Å². The van der Waals surface area contributed by atoms with Gasteiger partial charge in [0.15, 0.2) is 5.76 Å². The second-order valence-electron chi connectivity index (χ2n) is 6.37. The minimum atomic E-state index is -0.989. The number of furan rings is 1. The molecular weight excluding hydrogens is 336 g/mol. The van der Waals surface area contributed by atoms with E-state index in [0.717, 1.165) is 22.4 Å². The predicted octanol–water partition coefficient (Wildman–Crippen LogP) is 2.22. The zero-order valence-electron chi connectivity index (χ0n) is 13.6. The lowest BCUT2D eigenvalue weighted by molar-refractivity contribution is -0.132. The van der Waals surface area contributed by atoms with Gasteiger partial charge in [0.1, 0.15) is 12.1 Å². The first-order chi connectivity index (χ1) is 12.7. The highest BCUT2D eigenvalue weighted by atomic mass is 16.5. The van der Waals surface area contributed by atoms with Gasteiger partial charge < -0.3 is 14.3 Å². The highest BCUT2D eigenvalue weighted by Crippen LogP contribution is 2.41. The Morgan fingerprint density at radius 2 is 2.08 bits per heavy atom. The predicted molar refractivity (Wildman–Crippen MR) is 87.5 cm³/mol. The standard InChI is InChI=1S/C18H14N4O4/c23-16-18(8-7-11-4-1-2-5-12(11)18)20-17(24)22(16)10-14-19-15(21-26-14)13-6-3-9-25-13/h1-6,9H,7-8,10H2,(H,20,24)/t18-/m1/s1. The van der Waals surface area contributed by atoms with Crippen molar-refractivity contribution in [1.29, 1.82) is 0 Å². The minimum Gasteiger partial charge on any atom is -0.461 e. The molecule has 3 amide bonds. The number of nitrogens with zero attached hydrogens (tertiary/aromatic N) is 3. The van der Waals surface area contributed by atoms with E-state index in [1.165, 1.54) is 6.26 Å².